The summed E-state index contributed by atoms with van der Waals surface area (Å²) >= 11 is 0. The quantitative estimate of drug-likeness (QED) is 0.680. The largest absolute Gasteiger partial charge is 0.492 e. The first-order valence-corrected chi connectivity index (χ1v) is 9.15. The highest BCUT2D eigenvalue weighted by Crippen LogP contribution is 2.50. The zero-order valence-electron chi connectivity index (χ0n) is 16.3. The fraction of sp³-hybridized carbons (Fsp3) is 0.409. The first kappa shape index (κ1) is 19.2. The van der Waals surface area contributed by atoms with E-state index in [-0.39, 0.29) is 18.6 Å². The van der Waals surface area contributed by atoms with Crippen molar-refractivity contribution in [1.82, 2.24) is 4.90 Å². The Morgan fingerprint density at radius 1 is 1.44 bits per heavy atom. The van der Waals surface area contributed by atoms with Gasteiger partial charge in [0.25, 0.3) is 0 Å². The fourth-order valence-electron chi connectivity index (χ4n) is 3.78. The molecule has 5 nitrogen and oxygen atoms in total. The molecule has 0 aromatic heterocycles. The van der Waals surface area contributed by atoms with Crippen LogP contribution in [0.3, 0.4) is 0 Å². The zero-order valence-corrected chi connectivity index (χ0v) is 16.3. The molecule has 1 aromatic rings. The van der Waals surface area contributed by atoms with Gasteiger partial charge < -0.3 is 14.2 Å². The first-order valence-electron chi connectivity index (χ1n) is 9.15. The molecule has 1 unspecified atom stereocenters. The van der Waals surface area contributed by atoms with Crippen molar-refractivity contribution in [2.24, 2.45) is 0 Å². The van der Waals surface area contributed by atoms with E-state index in [0.29, 0.717) is 24.3 Å². The maximum Gasteiger partial charge on any atom is 0.231 e. The molecule has 0 fully saturated rings. The number of allylic oxidation sites excluding steroid dienone is 4. The van der Waals surface area contributed by atoms with Crippen LogP contribution in [0.5, 0.6) is 17.2 Å². The molecule has 0 bridgehead atoms. The van der Waals surface area contributed by atoms with Crippen molar-refractivity contribution >= 4 is 5.78 Å². The Balaban J connectivity index is 1.91. The van der Waals surface area contributed by atoms with Crippen LogP contribution < -0.4 is 14.2 Å². The van der Waals surface area contributed by atoms with E-state index in [9.17, 15) is 4.79 Å². The number of hydrogen-bond donors (Lipinski definition) is 0. The van der Waals surface area contributed by atoms with Crippen LogP contribution in [0.1, 0.15) is 36.9 Å². The summed E-state index contributed by atoms with van der Waals surface area (Å²) in [6.45, 7) is 10.7. The number of benzene rings is 1. The van der Waals surface area contributed by atoms with Gasteiger partial charge >= 0.3 is 0 Å². The van der Waals surface area contributed by atoms with Crippen LogP contribution in [-0.2, 0) is 11.2 Å². The number of likely N-dealkylation sites (N-methyl/N-ethyl adjacent to an activating group) is 1. The second-order valence-electron chi connectivity index (χ2n) is 7.09. The zero-order chi connectivity index (χ0) is 19.6. The Morgan fingerprint density at radius 2 is 2.22 bits per heavy atom. The number of fused-ring (bicyclic) bond motifs is 2. The average molecular weight is 369 g/mol. The van der Waals surface area contributed by atoms with Gasteiger partial charge in [0, 0.05) is 31.0 Å². The van der Waals surface area contributed by atoms with Gasteiger partial charge in [-0.05, 0) is 37.6 Å². The van der Waals surface area contributed by atoms with Gasteiger partial charge in [-0.15, -0.1) is 0 Å². The van der Waals surface area contributed by atoms with Crippen molar-refractivity contribution in [3.05, 3.63) is 53.6 Å². The smallest absolute Gasteiger partial charge is 0.231 e. The van der Waals surface area contributed by atoms with Crippen LogP contribution in [0.2, 0.25) is 0 Å². The number of Topliss-reactive ketones (excluding diaryl/α,β-unsaturated/α-hetero) is 1. The molecule has 1 atom stereocenters. The second-order valence-corrected chi connectivity index (χ2v) is 7.09. The van der Waals surface area contributed by atoms with Gasteiger partial charge in [-0.2, -0.15) is 0 Å². The van der Waals surface area contributed by atoms with Crippen molar-refractivity contribution in [2.75, 3.05) is 27.5 Å². The van der Waals surface area contributed by atoms with Gasteiger partial charge in [-0.1, -0.05) is 30.9 Å². The van der Waals surface area contributed by atoms with E-state index in [4.69, 9.17) is 14.2 Å². The number of carbonyl (C=O) groups is 1. The van der Waals surface area contributed by atoms with Crippen LogP contribution in [-0.4, -0.2) is 38.2 Å². The molecule has 144 valence electrons. The van der Waals surface area contributed by atoms with E-state index in [2.05, 4.69) is 18.1 Å². The third-order valence-electron chi connectivity index (χ3n) is 5.22. The third kappa shape index (κ3) is 3.78. The lowest BCUT2D eigenvalue weighted by Gasteiger charge is -2.35. The van der Waals surface area contributed by atoms with Gasteiger partial charge in [0.1, 0.15) is 5.78 Å². The molecular weight excluding hydrogens is 342 g/mol. The SMILES string of the molecule is C=C/C=C(/CC(=O)CC1c2c(cc3c(c2OC)OCO3)CCN1C)C(=C)C. The third-order valence-corrected chi connectivity index (χ3v) is 5.22. The van der Waals surface area contributed by atoms with Crippen LogP contribution in [0.25, 0.3) is 0 Å². The van der Waals surface area contributed by atoms with E-state index in [1.54, 1.807) is 13.2 Å². The molecule has 0 amide bonds. The van der Waals surface area contributed by atoms with E-state index in [1.807, 2.05) is 26.1 Å². The molecule has 2 aliphatic rings. The Labute approximate surface area is 160 Å². The normalized spacial score (nSPS) is 18.8. The summed E-state index contributed by atoms with van der Waals surface area (Å²) in [6.07, 6.45) is 5.20. The molecule has 1 aromatic carbocycles. The van der Waals surface area contributed by atoms with Gasteiger partial charge in [-0.25, -0.2) is 0 Å². The minimum Gasteiger partial charge on any atom is -0.492 e. The summed E-state index contributed by atoms with van der Waals surface area (Å²) in [5.41, 5.74) is 4.01. The molecule has 5 heteroatoms. The standard InChI is InChI=1S/C22H27NO4/c1-6-7-15(14(2)3)10-17(24)12-18-20-16(8-9-23(18)4)11-19-21(22(20)25-5)27-13-26-19/h6-7,11,18H,1-2,8-10,12-13H2,3-5H3/b15-7-. The molecule has 27 heavy (non-hydrogen) atoms. The van der Waals surface area contributed by atoms with Crippen molar-refractivity contribution < 1.29 is 19.0 Å². The molecule has 0 aliphatic carbocycles. The van der Waals surface area contributed by atoms with Crippen molar-refractivity contribution in [1.29, 1.82) is 0 Å². The number of carbonyl (C=O) groups excluding carboxylic acids is 1. The Hall–Kier alpha value is -2.53. The molecule has 0 saturated heterocycles. The molecule has 0 saturated carbocycles. The Kier molecular flexibility index (Phi) is 5.71. The molecule has 0 spiro atoms. The number of ketones is 1. The van der Waals surface area contributed by atoms with Crippen molar-refractivity contribution in [3.8, 4) is 17.2 Å². The summed E-state index contributed by atoms with van der Waals surface area (Å²) in [4.78, 5) is 15.1. The lowest BCUT2D eigenvalue weighted by atomic mass is 9.87. The van der Waals surface area contributed by atoms with Crippen LogP contribution in [0, 0.1) is 0 Å². The number of methoxy groups -OCH3 is 1. The highest BCUT2D eigenvalue weighted by Gasteiger charge is 2.34. The molecule has 0 N–H and O–H groups in total. The van der Waals surface area contributed by atoms with Crippen molar-refractivity contribution in [2.45, 2.75) is 32.2 Å². The number of nitrogens with zero attached hydrogens (tertiary/aromatic N) is 1. The molecular formula is C22H27NO4. The van der Waals surface area contributed by atoms with Crippen molar-refractivity contribution in [3.63, 3.8) is 0 Å². The van der Waals surface area contributed by atoms with Crippen LogP contribution in [0.4, 0.5) is 0 Å². The Morgan fingerprint density at radius 3 is 2.89 bits per heavy atom. The van der Waals surface area contributed by atoms with Gasteiger partial charge in [0.2, 0.25) is 12.5 Å². The summed E-state index contributed by atoms with van der Waals surface area (Å²) in [6, 6.07) is 1.97. The Bertz CT molecular complexity index is 809. The summed E-state index contributed by atoms with van der Waals surface area (Å²) in [5.74, 6) is 2.21. The predicted molar refractivity (Wildman–Crippen MR) is 106 cm³/mol. The molecule has 3 rings (SSSR count). The maximum absolute atomic E-state index is 12.9. The number of hydrogen-bond acceptors (Lipinski definition) is 5. The van der Waals surface area contributed by atoms with E-state index >= 15 is 0 Å². The minimum absolute atomic E-state index is 0.0548. The van der Waals surface area contributed by atoms with E-state index in [1.165, 1.54) is 0 Å². The number of rotatable bonds is 7. The van der Waals surface area contributed by atoms with Crippen LogP contribution >= 0.6 is 0 Å². The first-order chi connectivity index (χ1) is 13.0. The monoisotopic (exact) mass is 369 g/mol. The highest BCUT2D eigenvalue weighted by atomic mass is 16.7. The highest BCUT2D eigenvalue weighted by molar-refractivity contribution is 5.83. The summed E-state index contributed by atoms with van der Waals surface area (Å²) < 4.78 is 16.9. The molecule has 2 aliphatic heterocycles. The van der Waals surface area contributed by atoms with Gasteiger partial charge in [0.05, 0.1) is 7.11 Å². The summed E-state index contributed by atoms with van der Waals surface area (Å²) in [7, 11) is 3.68. The van der Waals surface area contributed by atoms with Crippen LogP contribution in [0.15, 0.2) is 42.5 Å². The molecule has 0 radical (unpaired) electrons. The summed E-state index contributed by atoms with van der Waals surface area (Å²) in [5, 5.41) is 0. The topological polar surface area (TPSA) is 48.0 Å². The van der Waals surface area contributed by atoms with E-state index in [0.717, 1.165) is 41.0 Å². The second kappa shape index (κ2) is 8.01. The van der Waals surface area contributed by atoms with Gasteiger partial charge in [-0.3, -0.25) is 9.69 Å². The van der Waals surface area contributed by atoms with E-state index < -0.39 is 0 Å². The van der Waals surface area contributed by atoms with Gasteiger partial charge in [0.15, 0.2) is 11.5 Å². The number of ether oxygens (including phenoxy) is 3. The lowest BCUT2D eigenvalue weighted by molar-refractivity contribution is -0.119. The average Bonchev–Trinajstić information content (AvgIpc) is 3.10. The lowest BCUT2D eigenvalue weighted by Crippen LogP contribution is -2.34. The minimum atomic E-state index is -0.0548. The fourth-order valence-corrected chi connectivity index (χ4v) is 3.78. The predicted octanol–water partition coefficient (Wildman–Crippen LogP) is 3.99. The maximum atomic E-state index is 12.9. The molecule has 2 heterocycles.